The number of carbonyl (C=O) groups excluding carboxylic acids is 2. The third-order valence-electron chi connectivity index (χ3n) is 3.55. The number of amides is 2. The molecular formula is C20H17BrN2O4. The molecule has 3 aromatic rings. The molecule has 0 unspecified atom stereocenters. The molecule has 0 aliphatic rings. The molecule has 0 spiro atoms. The molecule has 0 atom stereocenters. The van der Waals surface area contributed by atoms with Gasteiger partial charge in [0.15, 0.2) is 5.76 Å². The lowest BCUT2D eigenvalue weighted by molar-refractivity contribution is -0.115. The lowest BCUT2D eigenvalue weighted by Crippen LogP contribution is -2.32. The van der Waals surface area contributed by atoms with Crippen LogP contribution in [-0.2, 0) is 11.4 Å². The number of ether oxygens (including phenoxy) is 1. The van der Waals surface area contributed by atoms with Gasteiger partial charge in [0.05, 0.1) is 6.54 Å². The first-order chi connectivity index (χ1) is 13.1. The summed E-state index contributed by atoms with van der Waals surface area (Å²) in [6, 6.07) is 19.6. The number of hydrogen-bond donors (Lipinski definition) is 2. The summed E-state index contributed by atoms with van der Waals surface area (Å²) in [5.41, 5.74) is 0.669. The normalized spacial score (nSPS) is 10.3. The zero-order valence-electron chi connectivity index (χ0n) is 14.3. The number of nitrogens with one attached hydrogen (secondary N) is 2. The summed E-state index contributed by atoms with van der Waals surface area (Å²) in [6.07, 6.45) is 0. The lowest BCUT2D eigenvalue weighted by Gasteiger charge is -2.06. The van der Waals surface area contributed by atoms with Gasteiger partial charge in [0.2, 0.25) is 5.91 Å². The van der Waals surface area contributed by atoms with Gasteiger partial charge in [-0.1, -0.05) is 34.1 Å². The number of anilines is 1. The van der Waals surface area contributed by atoms with Crippen LogP contribution in [0.25, 0.3) is 0 Å². The number of rotatable bonds is 7. The van der Waals surface area contributed by atoms with E-state index in [0.29, 0.717) is 17.2 Å². The van der Waals surface area contributed by atoms with Crippen molar-refractivity contribution in [2.24, 2.45) is 0 Å². The summed E-state index contributed by atoms with van der Waals surface area (Å²) >= 11 is 3.36. The Morgan fingerprint density at radius 2 is 1.70 bits per heavy atom. The quantitative estimate of drug-likeness (QED) is 0.595. The van der Waals surface area contributed by atoms with Crippen LogP contribution in [0.5, 0.6) is 5.75 Å². The molecular weight excluding hydrogens is 412 g/mol. The minimum atomic E-state index is -0.465. The van der Waals surface area contributed by atoms with Crippen LogP contribution in [0.1, 0.15) is 16.3 Å². The Balaban J connectivity index is 1.46. The molecule has 0 bridgehead atoms. The molecule has 0 radical (unpaired) electrons. The fraction of sp³-hybridized carbons (Fsp3) is 0.100. The number of carbonyl (C=O) groups is 2. The highest BCUT2D eigenvalue weighted by molar-refractivity contribution is 9.10. The molecule has 1 heterocycles. The predicted octanol–water partition coefficient (Wildman–Crippen LogP) is 3.99. The summed E-state index contributed by atoms with van der Waals surface area (Å²) in [7, 11) is 0. The van der Waals surface area contributed by atoms with Gasteiger partial charge in [0, 0.05) is 10.2 Å². The molecule has 6 nitrogen and oxygen atoms in total. The van der Waals surface area contributed by atoms with E-state index in [4.69, 9.17) is 9.15 Å². The van der Waals surface area contributed by atoms with E-state index in [1.165, 1.54) is 0 Å². The molecule has 27 heavy (non-hydrogen) atoms. The van der Waals surface area contributed by atoms with Crippen molar-refractivity contribution < 1.29 is 18.7 Å². The number of para-hydroxylation sites is 1. The van der Waals surface area contributed by atoms with E-state index in [0.717, 1.165) is 4.47 Å². The Morgan fingerprint density at radius 1 is 0.963 bits per heavy atom. The van der Waals surface area contributed by atoms with E-state index >= 15 is 0 Å². The van der Waals surface area contributed by atoms with E-state index in [1.54, 1.807) is 24.3 Å². The van der Waals surface area contributed by atoms with Crippen LogP contribution in [0, 0.1) is 0 Å². The molecule has 0 aliphatic carbocycles. The van der Waals surface area contributed by atoms with Gasteiger partial charge in [0.1, 0.15) is 18.1 Å². The fourth-order valence-electron chi connectivity index (χ4n) is 2.24. The number of halogens is 1. The van der Waals surface area contributed by atoms with Gasteiger partial charge in [-0.05, 0) is 48.5 Å². The van der Waals surface area contributed by atoms with Crippen molar-refractivity contribution in [2.45, 2.75) is 6.61 Å². The lowest BCUT2D eigenvalue weighted by atomic mass is 10.3. The Hall–Kier alpha value is -3.06. The Kier molecular flexibility index (Phi) is 6.27. The molecule has 1 aromatic heterocycles. The molecule has 3 rings (SSSR count). The standard InChI is InChI=1S/C20H17BrN2O4/c21-14-6-8-16(9-7-14)26-13-17-10-11-18(27-17)20(25)22-12-19(24)23-15-4-2-1-3-5-15/h1-11H,12-13H2,(H,22,25)(H,23,24). The molecule has 0 saturated carbocycles. The Labute approximate surface area is 164 Å². The van der Waals surface area contributed by atoms with Crippen LogP contribution in [0.15, 0.2) is 75.6 Å². The Morgan fingerprint density at radius 3 is 2.44 bits per heavy atom. The molecule has 2 N–H and O–H groups in total. The van der Waals surface area contributed by atoms with Crippen molar-refractivity contribution in [3.63, 3.8) is 0 Å². The van der Waals surface area contributed by atoms with E-state index < -0.39 is 5.91 Å². The number of furan rings is 1. The summed E-state index contributed by atoms with van der Waals surface area (Å²) in [6.45, 7) is 0.0442. The van der Waals surface area contributed by atoms with E-state index in [9.17, 15) is 9.59 Å². The predicted molar refractivity (Wildman–Crippen MR) is 105 cm³/mol. The topological polar surface area (TPSA) is 80.6 Å². The highest BCUT2D eigenvalue weighted by atomic mass is 79.9. The van der Waals surface area contributed by atoms with Gasteiger partial charge in [-0.2, -0.15) is 0 Å². The average molecular weight is 429 g/mol. The third kappa shape index (κ3) is 5.72. The zero-order valence-corrected chi connectivity index (χ0v) is 15.9. The SMILES string of the molecule is O=C(CNC(=O)c1ccc(COc2ccc(Br)cc2)o1)Nc1ccccc1. The van der Waals surface area contributed by atoms with E-state index in [2.05, 4.69) is 26.6 Å². The van der Waals surface area contributed by atoms with Gasteiger partial charge in [0.25, 0.3) is 5.91 Å². The maximum absolute atomic E-state index is 12.1. The first-order valence-electron chi connectivity index (χ1n) is 8.20. The van der Waals surface area contributed by atoms with Gasteiger partial charge in [-0.25, -0.2) is 0 Å². The van der Waals surface area contributed by atoms with Gasteiger partial charge < -0.3 is 19.8 Å². The summed E-state index contributed by atoms with van der Waals surface area (Å²) in [4.78, 5) is 24.0. The molecule has 138 valence electrons. The second kappa shape index (κ2) is 9.05. The van der Waals surface area contributed by atoms with Crippen molar-refractivity contribution in [2.75, 3.05) is 11.9 Å². The maximum atomic E-state index is 12.1. The van der Waals surface area contributed by atoms with Crippen molar-refractivity contribution in [3.8, 4) is 5.75 Å². The zero-order chi connectivity index (χ0) is 19.1. The largest absolute Gasteiger partial charge is 0.486 e. The molecule has 7 heteroatoms. The summed E-state index contributed by atoms with van der Waals surface area (Å²) in [5, 5.41) is 5.21. The van der Waals surface area contributed by atoms with Crippen molar-refractivity contribution in [1.82, 2.24) is 5.32 Å². The minimum Gasteiger partial charge on any atom is -0.486 e. The molecule has 0 fully saturated rings. The van der Waals surface area contributed by atoms with E-state index in [1.807, 2.05) is 42.5 Å². The average Bonchev–Trinajstić information content (AvgIpc) is 3.16. The van der Waals surface area contributed by atoms with Gasteiger partial charge in [-0.15, -0.1) is 0 Å². The van der Waals surface area contributed by atoms with E-state index in [-0.39, 0.29) is 24.8 Å². The highest BCUT2D eigenvalue weighted by Gasteiger charge is 2.13. The maximum Gasteiger partial charge on any atom is 0.287 e. The minimum absolute atomic E-state index is 0.122. The van der Waals surface area contributed by atoms with Crippen LogP contribution in [0.3, 0.4) is 0 Å². The molecule has 0 aliphatic heterocycles. The second-order valence-electron chi connectivity index (χ2n) is 5.61. The van der Waals surface area contributed by atoms with Gasteiger partial charge in [-0.3, -0.25) is 9.59 Å². The first kappa shape index (κ1) is 18.7. The smallest absolute Gasteiger partial charge is 0.287 e. The van der Waals surface area contributed by atoms with Crippen LogP contribution in [-0.4, -0.2) is 18.4 Å². The van der Waals surface area contributed by atoms with Crippen LogP contribution in [0.2, 0.25) is 0 Å². The highest BCUT2D eigenvalue weighted by Crippen LogP contribution is 2.18. The van der Waals surface area contributed by atoms with Crippen molar-refractivity contribution >= 4 is 33.4 Å². The monoisotopic (exact) mass is 428 g/mol. The number of hydrogen-bond acceptors (Lipinski definition) is 4. The summed E-state index contributed by atoms with van der Waals surface area (Å²) < 4.78 is 12.0. The van der Waals surface area contributed by atoms with Crippen LogP contribution in [0.4, 0.5) is 5.69 Å². The summed E-state index contributed by atoms with van der Waals surface area (Å²) in [5.74, 6) is 0.542. The Bertz CT molecular complexity index is 907. The molecule has 2 aromatic carbocycles. The van der Waals surface area contributed by atoms with Crippen molar-refractivity contribution in [3.05, 3.63) is 82.7 Å². The molecule has 2 amide bonds. The van der Waals surface area contributed by atoms with Crippen molar-refractivity contribution in [1.29, 1.82) is 0 Å². The first-order valence-corrected chi connectivity index (χ1v) is 8.99. The fourth-order valence-corrected chi connectivity index (χ4v) is 2.50. The second-order valence-corrected chi connectivity index (χ2v) is 6.52. The molecule has 0 saturated heterocycles. The van der Waals surface area contributed by atoms with Gasteiger partial charge >= 0.3 is 0 Å². The third-order valence-corrected chi connectivity index (χ3v) is 4.08. The number of benzene rings is 2. The van der Waals surface area contributed by atoms with Crippen LogP contribution >= 0.6 is 15.9 Å². The van der Waals surface area contributed by atoms with Crippen LogP contribution < -0.4 is 15.4 Å².